The lowest BCUT2D eigenvalue weighted by Gasteiger charge is -2.27. The Bertz CT molecular complexity index is 783. The largest absolute Gasteiger partial charge is 0.350 e. The molecule has 2 heterocycles. The van der Waals surface area contributed by atoms with E-state index in [1.807, 2.05) is 50.8 Å². The Kier molecular flexibility index (Phi) is 5.20. The zero-order chi connectivity index (χ0) is 18.7. The lowest BCUT2D eigenvalue weighted by atomic mass is 10.1. The van der Waals surface area contributed by atoms with Gasteiger partial charge in [0, 0.05) is 29.5 Å². The molecule has 0 radical (unpaired) electrons. The van der Waals surface area contributed by atoms with Crippen molar-refractivity contribution >= 4 is 11.7 Å². The fourth-order valence-electron chi connectivity index (χ4n) is 3.25. The highest BCUT2D eigenvalue weighted by molar-refractivity contribution is 5.82. The number of rotatable bonds is 5. The minimum absolute atomic E-state index is 0.00379. The van der Waals surface area contributed by atoms with Crippen LogP contribution in [0.15, 0.2) is 24.4 Å². The monoisotopic (exact) mass is 353 g/mol. The lowest BCUT2D eigenvalue weighted by molar-refractivity contribution is -0.121. The van der Waals surface area contributed by atoms with Crippen molar-refractivity contribution < 1.29 is 4.79 Å². The molecule has 6 nitrogen and oxygen atoms in total. The first-order chi connectivity index (χ1) is 12.4. The summed E-state index contributed by atoms with van der Waals surface area (Å²) in [6.07, 6.45) is 4.75. The van der Waals surface area contributed by atoms with Gasteiger partial charge in [0.25, 0.3) is 0 Å². The molecule has 6 heteroatoms. The topological polar surface area (TPSA) is 71.0 Å². The number of hydrogen-bond acceptors (Lipinski definition) is 5. The number of amides is 1. The Morgan fingerprint density at radius 3 is 2.69 bits per heavy atom. The number of anilines is 1. The number of carbonyl (C=O) groups excluding carboxylic acids is 1. The molecular weight excluding hydrogens is 326 g/mol. The van der Waals surface area contributed by atoms with Gasteiger partial charge in [0.1, 0.15) is 11.5 Å². The first kappa shape index (κ1) is 18.3. The highest BCUT2D eigenvalue weighted by atomic mass is 16.2. The summed E-state index contributed by atoms with van der Waals surface area (Å²) < 4.78 is 0. The number of pyridine rings is 1. The molecule has 0 atom stereocenters. The summed E-state index contributed by atoms with van der Waals surface area (Å²) in [5, 5.41) is 3.03. The predicted octanol–water partition coefficient (Wildman–Crippen LogP) is 2.77. The Labute approximate surface area is 155 Å². The van der Waals surface area contributed by atoms with Crippen LogP contribution in [0.2, 0.25) is 0 Å². The maximum absolute atomic E-state index is 12.4. The maximum Gasteiger partial charge on any atom is 0.239 e. The Hall–Kier alpha value is -2.50. The smallest absolute Gasteiger partial charge is 0.239 e. The van der Waals surface area contributed by atoms with E-state index in [-0.39, 0.29) is 11.4 Å². The molecule has 1 amide bonds. The number of aryl methyl sites for hydroxylation is 1. The van der Waals surface area contributed by atoms with E-state index >= 15 is 0 Å². The minimum atomic E-state index is -0.247. The van der Waals surface area contributed by atoms with Gasteiger partial charge in [0.2, 0.25) is 5.91 Å². The third-order valence-electron chi connectivity index (χ3n) is 4.34. The summed E-state index contributed by atoms with van der Waals surface area (Å²) in [5.41, 5.74) is 2.78. The van der Waals surface area contributed by atoms with Crippen LogP contribution >= 0.6 is 0 Å². The van der Waals surface area contributed by atoms with E-state index in [2.05, 4.69) is 10.3 Å². The number of carbonyl (C=O) groups is 1. The molecule has 1 aliphatic carbocycles. The second-order valence-corrected chi connectivity index (χ2v) is 7.68. The van der Waals surface area contributed by atoms with E-state index in [0.29, 0.717) is 18.9 Å². The van der Waals surface area contributed by atoms with Gasteiger partial charge in [0.05, 0.1) is 6.54 Å². The van der Waals surface area contributed by atoms with Crippen LogP contribution in [0.5, 0.6) is 0 Å². The van der Waals surface area contributed by atoms with Crippen molar-refractivity contribution in [2.45, 2.75) is 52.5 Å². The van der Waals surface area contributed by atoms with Crippen LogP contribution in [0.25, 0.3) is 11.5 Å². The molecule has 1 N–H and O–H groups in total. The molecule has 2 aromatic rings. The average molecular weight is 353 g/mol. The number of hydrogen-bond donors (Lipinski definition) is 1. The average Bonchev–Trinajstić information content (AvgIpc) is 3.06. The van der Waals surface area contributed by atoms with Crippen molar-refractivity contribution in [3.05, 3.63) is 35.7 Å². The van der Waals surface area contributed by atoms with Gasteiger partial charge in [-0.25, -0.2) is 9.97 Å². The molecule has 138 valence electrons. The lowest BCUT2D eigenvalue weighted by Crippen LogP contribution is -2.46. The predicted molar refractivity (Wildman–Crippen MR) is 103 cm³/mol. The van der Waals surface area contributed by atoms with Crippen LogP contribution in [0.1, 0.15) is 45.4 Å². The molecule has 0 spiro atoms. The van der Waals surface area contributed by atoms with Gasteiger partial charge in [-0.3, -0.25) is 9.78 Å². The van der Waals surface area contributed by atoms with Crippen LogP contribution in [-0.4, -0.2) is 39.5 Å². The number of fused-ring (bicyclic) bond motifs is 1. The van der Waals surface area contributed by atoms with E-state index in [4.69, 9.17) is 9.97 Å². The Balaban J connectivity index is 1.94. The molecule has 0 bridgehead atoms. The van der Waals surface area contributed by atoms with Crippen LogP contribution in [0.4, 0.5) is 5.82 Å². The van der Waals surface area contributed by atoms with Gasteiger partial charge >= 0.3 is 0 Å². The first-order valence-corrected chi connectivity index (χ1v) is 9.24. The van der Waals surface area contributed by atoms with E-state index in [1.54, 1.807) is 6.20 Å². The van der Waals surface area contributed by atoms with E-state index < -0.39 is 0 Å². The maximum atomic E-state index is 12.4. The van der Waals surface area contributed by atoms with Gasteiger partial charge in [-0.2, -0.15) is 0 Å². The highest BCUT2D eigenvalue weighted by Crippen LogP contribution is 2.30. The quantitative estimate of drug-likeness (QED) is 0.895. The van der Waals surface area contributed by atoms with Crippen LogP contribution in [-0.2, 0) is 17.6 Å². The molecule has 0 unspecified atom stereocenters. The Morgan fingerprint density at radius 2 is 2.04 bits per heavy atom. The second kappa shape index (κ2) is 7.40. The van der Waals surface area contributed by atoms with Gasteiger partial charge in [-0.1, -0.05) is 6.07 Å². The number of likely N-dealkylation sites (N-methyl/N-ethyl adjacent to an activating group) is 1. The highest BCUT2D eigenvalue weighted by Gasteiger charge is 2.25. The molecule has 0 saturated carbocycles. The fraction of sp³-hybridized carbons (Fsp3) is 0.500. The summed E-state index contributed by atoms with van der Waals surface area (Å²) in [4.78, 5) is 28.4. The summed E-state index contributed by atoms with van der Waals surface area (Å²) in [7, 11) is 0. The normalized spacial score (nSPS) is 13.4. The first-order valence-electron chi connectivity index (χ1n) is 9.24. The van der Waals surface area contributed by atoms with Crippen LogP contribution in [0, 0.1) is 0 Å². The zero-order valence-corrected chi connectivity index (χ0v) is 16.0. The minimum Gasteiger partial charge on any atom is -0.350 e. The molecule has 26 heavy (non-hydrogen) atoms. The SMILES string of the molecule is CCN(CC(=O)NC(C)(C)C)c1nc(-c2ccccn2)nc2c1CCC2. The third kappa shape index (κ3) is 4.18. The van der Waals surface area contributed by atoms with Crippen molar-refractivity contribution in [3.63, 3.8) is 0 Å². The fourth-order valence-corrected chi connectivity index (χ4v) is 3.25. The number of aromatic nitrogens is 3. The second-order valence-electron chi connectivity index (χ2n) is 7.68. The number of nitrogens with one attached hydrogen (secondary N) is 1. The Morgan fingerprint density at radius 1 is 1.23 bits per heavy atom. The molecular formula is C20H27N5O. The molecule has 0 saturated heterocycles. The summed E-state index contributed by atoms with van der Waals surface area (Å²) >= 11 is 0. The molecule has 2 aromatic heterocycles. The van der Waals surface area contributed by atoms with E-state index in [9.17, 15) is 4.79 Å². The van der Waals surface area contributed by atoms with E-state index in [1.165, 1.54) is 5.56 Å². The molecule has 0 aliphatic heterocycles. The van der Waals surface area contributed by atoms with Gasteiger partial charge in [0.15, 0.2) is 5.82 Å². The third-order valence-corrected chi connectivity index (χ3v) is 4.34. The van der Waals surface area contributed by atoms with Crippen LogP contribution < -0.4 is 10.2 Å². The summed E-state index contributed by atoms with van der Waals surface area (Å²) in [6, 6.07) is 5.74. The van der Waals surface area contributed by atoms with Gasteiger partial charge in [-0.15, -0.1) is 0 Å². The number of nitrogens with zero attached hydrogens (tertiary/aromatic N) is 4. The van der Waals surface area contributed by atoms with Crippen molar-refractivity contribution in [2.24, 2.45) is 0 Å². The van der Waals surface area contributed by atoms with Crippen molar-refractivity contribution in [1.82, 2.24) is 20.3 Å². The summed E-state index contributed by atoms with van der Waals surface area (Å²) in [6.45, 7) is 9.02. The molecule has 3 rings (SSSR count). The van der Waals surface area contributed by atoms with Crippen molar-refractivity contribution in [3.8, 4) is 11.5 Å². The van der Waals surface area contributed by atoms with Crippen molar-refractivity contribution in [1.29, 1.82) is 0 Å². The van der Waals surface area contributed by atoms with E-state index in [0.717, 1.165) is 36.5 Å². The van der Waals surface area contributed by atoms with Crippen molar-refractivity contribution in [2.75, 3.05) is 18.0 Å². The zero-order valence-electron chi connectivity index (χ0n) is 16.0. The van der Waals surface area contributed by atoms with Gasteiger partial charge in [-0.05, 0) is 59.1 Å². The van der Waals surface area contributed by atoms with Crippen LogP contribution in [0.3, 0.4) is 0 Å². The summed E-state index contributed by atoms with van der Waals surface area (Å²) in [5.74, 6) is 1.51. The molecule has 0 aromatic carbocycles. The standard InChI is InChI=1S/C20H27N5O/c1-5-25(13-17(26)24-20(2,3)4)19-14-9-8-11-15(14)22-18(23-19)16-10-6-7-12-21-16/h6-7,10,12H,5,8-9,11,13H2,1-4H3,(H,24,26). The molecule has 0 fully saturated rings. The molecule has 1 aliphatic rings. The van der Waals surface area contributed by atoms with Gasteiger partial charge < -0.3 is 10.2 Å².